The highest BCUT2D eigenvalue weighted by Gasteiger charge is 2.15. The average Bonchev–Trinajstić information content (AvgIpc) is 2.03. The maximum absolute atomic E-state index is 12.5. The molecule has 0 aromatic carbocycles. The lowest BCUT2D eigenvalue weighted by atomic mass is 9.99. The Labute approximate surface area is 76.8 Å². The fourth-order valence-electron chi connectivity index (χ4n) is 1.26. The first kappa shape index (κ1) is 10.1. The summed E-state index contributed by atoms with van der Waals surface area (Å²) in [5.74, 6) is 0.0945. The van der Waals surface area contributed by atoms with Gasteiger partial charge in [0.25, 0.3) is 6.43 Å². The predicted octanol–water partition coefficient (Wildman–Crippen LogP) is 3.45. The number of aromatic nitrogens is 1. The van der Waals surface area contributed by atoms with E-state index < -0.39 is 6.43 Å². The zero-order chi connectivity index (χ0) is 10.0. The number of nitrogens with zero attached hydrogens (tertiary/aromatic N) is 1. The molecule has 0 unspecified atom stereocenters. The summed E-state index contributed by atoms with van der Waals surface area (Å²) in [7, 11) is 0. The Hall–Kier alpha value is -0.990. The second-order valence-electron chi connectivity index (χ2n) is 3.41. The van der Waals surface area contributed by atoms with Crippen molar-refractivity contribution in [2.45, 2.75) is 33.1 Å². The lowest BCUT2D eigenvalue weighted by molar-refractivity contribution is 0.149. The van der Waals surface area contributed by atoms with Gasteiger partial charge in [-0.2, -0.15) is 0 Å². The van der Waals surface area contributed by atoms with E-state index in [1.54, 1.807) is 13.1 Å². The first-order chi connectivity index (χ1) is 6.02. The summed E-state index contributed by atoms with van der Waals surface area (Å²) < 4.78 is 25.1. The molecule has 13 heavy (non-hydrogen) atoms. The third kappa shape index (κ3) is 2.23. The van der Waals surface area contributed by atoms with Crippen LogP contribution in [0.1, 0.15) is 43.0 Å². The molecule has 1 heterocycles. The molecule has 0 bridgehead atoms. The number of aryl methyl sites for hydroxylation is 1. The molecular formula is C10H13F2N. The Kier molecular flexibility index (Phi) is 2.96. The van der Waals surface area contributed by atoms with Gasteiger partial charge in [-0.1, -0.05) is 13.8 Å². The maximum Gasteiger partial charge on any atom is 0.264 e. The molecule has 0 saturated heterocycles. The number of pyridine rings is 1. The highest BCUT2D eigenvalue weighted by Crippen LogP contribution is 2.27. The third-order valence-electron chi connectivity index (χ3n) is 1.96. The fourth-order valence-corrected chi connectivity index (χ4v) is 1.26. The number of halogens is 2. The largest absolute Gasteiger partial charge is 0.264 e. The van der Waals surface area contributed by atoms with Gasteiger partial charge in [0.05, 0.1) is 0 Å². The van der Waals surface area contributed by atoms with E-state index in [-0.39, 0.29) is 11.5 Å². The van der Waals surface area contributed by atoms with Crippen molar-refractivity contribution in [2.24, 2.45) is 0 Å². The lowest BCUT2D eigenvalue weighted by Gasteiger charge is -2.11. The molecule has 72 valence electrons. The highest BCUT2D eigenvalue weighted by atomic mass is 19.3. The molecule has 0 saturated carbocycles. The van der Waals surface area contributed by atoms with Crippen molar-refractivity contribution in [1.82, 2.24) is 4.98 Å². The summed E-state index contributed by atoms with van der Waals surface area (Å²) in [5, 5.41) is 0. The van der Waals surface area contributed by atoms with Crippen LogP contribution in [0.5, 0.6) is 0 Å². The van der Waals surface area contributed by atoms with Crippen molar-refractivity contribution in [1.29, 1.82) is 0 Å². The van der Waals surface area contributed by atoms with Gasteiger partial charge in [0.1, 0.15) is 0 Å². The lowest BCUT2D eigenvalue weighted by Crippen LogP contribution is -1.99. The number of alkyl halides is 2. The van der Waals surface area contributed by atoms with E-state index in [2.05, 4.69) is 4.98 Å². The Morgan fingerprint density at radius 2 is 1.85 bits per heavy atom. The second-order valence-corrected chi connectivity index (χ2v) is 3.41. The van der Waals surface area contributed by atoms with Crippen LogP contribution in [-0.4, -0.2) is 4.98 Å². The van der Waals surface area contributed by atoms with Crippen molar-refractivity contribution < 1.29 is 8.78 Å². The zero-order valence-corrected chi connectivity index (χ0v) is 8.01. The van der Waals surface area contributed by atoms with Gasteiger partial charge in [-0.25, -0.2) is 8.78 Å². The Morgan fingerprint density at radius 3 is 2.31 bits per heavy atom. The maximum atomic E-state index is 12.5. The van der Waals surface area contributed by atoms with Crippen molar-refractivity contribution in [3.05, 3.63) is 29.1 Å². The molecule has 0 aliphatic carbocycles. The van der Waals surface area contributed by atoms with E-state index in [9.17, 15) is 8.78 Å². The molecule has 0 N–H and O–H groups in total. The van der Waals surface area contributed by atoms with Gasteiger partial charge in [-0.15, -0.1) is 0 Å². The van der Waals surface area contributed by atoms with Crippen molar-refractivity contribution in [3.8, 4) is 0 Å². The van der Waals surface area contributed by atoms with E-state index in [0.29, 0.717) is 11.3 Å². The number of rotatable bonds is 2. The molecule has 1 aromatic rings. The van der Waals surface area contributed by atoms with Gasteiger partial charge < -0.3 is 0 Å². The Bertz CT molecular complexity index is 295. The van der Waals surface area contributed by atoms with Gasteiger partial charge in [-0.05, 0) is 24.5 Å². The Balaban J connectivity index is 3.19. The van der Waals surface area contributed by atoms with E-state index >= 15 is 0 Å². The average molecular weight is 185 g/mol. The van der Waals surface area contributed by atoms with E-state index in [0.717, 1.165) is 0 Å². The minimum absolute atomic E-state index is 0.0945. The van der Waals surface area contributed by atoms with Gasteiger partial charge in [0, 0.05) is 17.5 Å². The molecule has 1 aromatic heterocycles. The van der Waals surface area contributed by atoms with E-state index in [1.165, 1.54) is 6.07 Å². The zero-order valence-electron chi connectivity index (χ0n) is 8.01. The van der Waals surface area contributed by atoms with Crippen LogP contribution in [0.15, 0.2) is 12.3 Å². The normalized spacial score (nSPS) is 11.3. The van der Waals surface area contributed by atoms with Gasteiger partial charge in [0.15, 0.2) is 0 Å². The van der Waals surface area contributed by atoms with Crippen molar-refractivity contribution in [2.75, 3.05) is 0 Å². The standard InChI is InChI=1S/C10H13F2N/c1-6(2)9-5-13-7(3)4-8(9)10(11)12/h4-6,10H,1-3H3. The summed E-state index contributed by atoms with van der Waals surface area (Å²) in [4.78, 5) is 4.01. The summed E-state index contributed by atoms with van der Waals surface area (Å²) in [6.45, 7) is 5.49. The Morgan fingerprint density at radius 1 is 1.23 bits per heavy atom. The van der Waals surface area contributed by atoms with Crippen LogP contribution in [0.4, 0.5) is 8.78 Å². The molecule has 0 amide bonds. The highest BCUT2D eigenvalue weighted by molar-refractivity contribution is 5.29. The van der Waals surface area contributed by atoms with E-state index in [1.807, 2.05) is 13.8 Å². The summed E-state index contributed by atoms with van der Waals surface area (Å²) in [6.07, 6.45) is -0.860. The van der Waals surface area contributed by atoms with Crippen LogP contribution in [0.2, 0.25) is 0 Å². The quantitative estimate of drug-likeness (QED) is 0.687. The molecule has 3 heteroatoms. The molecule has 0 atom stereocenters. The molecular weight excluding hydrogens is 172 g/mol. The number of hydrogen-bond donors (Lipinski definition) is 0. The van der Waals surface area contributed by atoms with Gasteiger partial charge in [0.2, 0.25) is 0 Å². The molecule has 1 rings (SSSR count). The van der Waals surface area contributed by atoms with Gasteiger partial charge >= 0.3 is 0 Å². The summed E-state index contributed by atoms with van der Waals surface area (Å²) in [5.41, 5.74) is 1.39. The topological polar surface area (TPSA) is 12.9 Å². The predicted molar refractivity (Wildman–Crippen MR) is 48.0 cm³/mol. The smallest absolute Gasteiger partial charge is 0.261 e. The van der Waals surface area contributed by atoms with Crippen molar-refractivity contribution >= 4 is 0 Å². The van der Waals surface area contributed by atoms with Crippen molar-refractivity contribution in [3.63, 3.8) is 0 Å². The molecule has 0 aliphatic heterocycles. The minimum Gasteiger partial charge on any atom is -0.261 e. The molecule has 0 aliphatic rings. The summed E-state index contributed by atoms with van der Waals surface area (Å²) >= 11 is 0. The first-order valence-corrected chi connectivity index (χ1v) is 4.27. The van der Waals surface area contributed by atoms with Crippen LogP contribution in [-0.2, 0) is 0 Å². The third-order valence-corrected chi connectivity index (χ3v) is 1.96. The van der Waals surface area contributed by atoms with Crippen LogP contribution < -0.4 is 0 Å². The molecule has 0 fully saturated rings. The number of hydrogen-bond acceptors (Lipinski definition) is 1. The SMILES string of the molecule is Cc1cc(C(F)F)c(C(C)C)cn1. The van der Waals surface area contributed by atoms with E-state index in [4.69, 9.17) is 0 Å². The van der Waals surface area contributed by atoms with Crippen LogP contribution in [0.3, 0.4) is 0 Å². The summed E-state index contributed by atoms with van der Waals surface area (Å²) in [6, 6.07) is 1.46. The molecule has 1 nitrogen and oxygen atoms in total. The van der Waals surface area contributed by atoms with Crippen LogP contribution in [0, 0.1) is 6.92 Å². The first-order valence-electron chi connectivity index (χ1n) is 4.27. The van der Waals surface area contributed by atoms with Crippen LogP contribution in [0.25, 0.3) is 0 Å². The monoisotopic (exact) mass is 185 g/mol. The van der Waals surface area contributed by atoms with Crippen LogP contribution >= 0.6 is 0 Å². The fraction of sp³-hybridized carbons (Fsp3) is 0.500. The van der Waals surface area contributed by atoms with Gasteiger partial charge in [-0.3, -0.25) is 4.98 Å². The molecule has 0 radical (unpaired) electrons. The minimum atomic E-state index is -2.40. The molecule has 0 spiro atoms. The second kappa shape index (κ2) is 3.81.